The summed E-state index contributed by atoms with van der Waals surface area (Å²) in [4.78, 5) is 0. The topological polar surface area (TPSA) is 42.3 Å². The van der Waals surface area contributed by atoms with Crippen LogP contribution in [-0.4, -0.2) is 48.1 Å². The van der Waals surface area contributed by atoms with Crippen LogP contribution in [0.2, 0.25) is 13.1 Å². The van der Waals surface area contributed by atoms with Gasteiger partial charge in [0, 0.05) is 8.80 Å². The summed E-state index contributed by atoms with van der Waals surface area (Å²) in [6, 6.07) is 8.67. The van der Waals surface area contributed by atoms with Gasteiger partial charge in [0.15, 0.2) is 0 Å². The molecule has 0 heterocycles. The molecule has 0 fully saturated rings. The zero-order chi connectivity index (χ0) is 26.8. The quantitative estimate of drug-likeness (QED) is 0.0790. The van der Waals surface area contributed by atoms with Gasteiger partial charge in [-0.1, -0.05) is 132 Å². The Morgan fingerprint density at radius 2 is 0.694 bits per heavy atom. The first kappa shape index (κ1) is 43.4. The van der Waals surface area contributed by atoms with Crippen molar-refractivity contribution in [2.24, 2.45) is 0 Å². The molecule has 0 amide bonds. The van der Waals surface area contributed by atoms with Gasteiger partial charge in [0.05, 0.1) is 0 Å². The molecular formula is C31H65HfN3Si. The van der Waals surface area contributed by atoms with Crippen LogP contribution in [0.4, 0.5) is 0 Å². The van der Waals surface area contributed by atoms with Gasteiger partial charge in [-0.05, 0) is 0 Å². The van der Waals surface area contributed by atoms with Gasteiger partial charge in [0.2, 0.25) is 0 Å². The molecule has 0 spiro atoms. The van der Waals surface area contributed by atoms with Crippen LogP contribution in [0, 0.1) is 0 Å². The largest absolute Gasteiger partial charge is 4.00 e. The van der Waals surface area contributed by atoms with Gasteiger partial charge >= 0.3 is 25.8 Å². The Morgan fingerprint density at radius 1 is 0.472 bits per heavy atom. The van der Waals surface area contributed by atoms with Gasteiger partial charge in [-0.3, -0.25) is 0 Å². The molecule has 1 rings (SSSR count). The molecule has 1 aromatic carbocycles. The molecule has 0 N–H and O–H groups in total. The fourth-order valence-corrected chi connectivity index (χ4v) is 3.72. The molecule has 0 atom stereocenters. The van der Waals surface area contributed by atoms with E-state index in [1.54, 1.807) is 5.19 Å². The van der Waals surface area contributed by atoms with Gasteiger partial charge in [0.1, 0.15) is 0 Å². The summed E-state index contributed by atoms with van der Waals surface area (Å²) in [5, 5.41) is 14.6. The number of unbranched alkanes of at least 4 members (excludes halogenated alkanes) is 6. The summed E-state index contributed by atoms with van der Waals surface area (Å²) < 4.78 is 0. The first-order chi connectivity index (χ1) is 17.0. The zero-order valence-corrected chi connectivity index (χ0v) is 30.7. The molecule has 3 nitrogen and oxygen atoms in total. The molecule has 36 heavy (non-hydrogen) atoms. The van der Waals surface area contributed by atoms with Gasteiger partial charge in [0.25, 0.3) is 0 Å². The van der Waals surface area contributed by atoms with Crippen molar-refractivity contribution in [3.63, 3.8) is 0 Å². The van der Waals surface area contributed by atoms with Crippen LogP contribution in [0.5, 0.6) is 0 Å². The Morgan fingerprint density at radius 3 is 0.833 bits per heavy atom. The first-order valence-electron chi connectivity index (χ1n) is 15.2. The third kappa shape index (κ3) is 44.3. The van der Waals surface area contributed by atoms with Crippen molar-refractivity contribution in [1.29, 1.82) is 0 Å². The molecular weight excluding hydrogens is 621 g/mol. The molecule has 0 saturated carbocycles. The summed E-state index contributed by atoms with van der Waals surface area (Å²) in [6.07, 6.45) is 15.2. The fourth-order valence-electron chi connectivity index (χ4n) is 2.73. The number of nitrogens with zero attached hydrogens (tertiary/aromatic N) is 3. The van der Waals surface area contributed by atoms with E-state index in [1.165, 1.54) is 77.0 Å². The predicted octanol–water partition coefficient (Wildman–Crippen LogP) is 9.98. The zero-order valence-electron chi connectivity index (χ0n) is 26.0. The van der Waals surface area contributed by atoms with Crippen molar-refractivity contribution in [3.05, 3.63) is 40.2 Å². The molecule has 0 saturated heterocycles. The number of rotatable bonds is 19. The maximum absolute atomic E-state index is 4.35. The van der Waals surface area contributed by atoms with E-state index in [2.05, 4.69) is 94.9 Å². The molecule has 0 bridgehead atoms. The maximum atomic E-state index is 4.35. The standard InChI is InChI=1S/3C8H18N.C7H11Si.Hf/c3*1-3-5-7-9-8-6-4-2;1-8(2)7-5-3-4-6-7;/h3*3-8H2,1-2H3;3-6,8H,1-2H3;/q4*-1;+4. The second-order valence-corrected chi connectivity index (χ2v) is 12.5. The van der Waals surface area contributed by atoms with Gasteiger partial charge in [-0.25, -0.2) is 12.1 Å². The third-order valence-electron chi connectivity index (χ3n) is 5.37. The van der Waals surface area contributed by atoms with Crippen molar-refractivity contribution in [1.82, 2.24) is 0 Å². The Bertz CT molecular complexity index is 376. The monoisotopic (exact) mass is 687 g/mol. The Balaban J connectivity index is -0.000000188. The van der Waals surface area contributed by atoms with Crippen molar-refractivity contribution in [3.8, 4) is 0 Å². The molecule has 1 aromatic rings. The normalized spacial score (nSPS) is 9.81. The van der Waals surface area contributed by atoms with Crippen LogP contribution in [0.1, 0.15) is 119 Å². The van der Waals surface area contributed by atoms with E-state index in [9.17, 15) is 0 Å². The molecule has 0 aliphatic carbocycles. The van der Waals surface area contributed by atoms with Crippen LogP contribution in [0.15, 0.2) is 24.3 Å². The Kier molecular flexibility index (Phi) is 51.1. The average molecular weight is 686 g/mol. The SMILES string of the molecule is CCCC[N-]CCCC.CCCC[N-]CCCC.CCCC[N-]CCCC.C[SiH](C)[c-]1cccc1.[Hf+4]. The summed E-state index contributed by atoms with van der Waals surface area (Å²) in [5.41, 5.74) is 0. The fraction of sp³-hybridized carbons (Fsp3) is 0.839. The van der Waals surface area contributed by atoms with Crippen molar-refractivity contribution >= 4 is 14.0 Å². The molecule has 5 heteroatoms. The second kappa shape index (κ2) is 42.4. The summed E-state index contributed by atoms with van der Waals surface area (Å²) >= 11 is 0. The summed E-state index contributed by atoms with van der Waals surface area (Å²) in [5.74, 6) is 0. The van der Waals surface area contributed by atoms with E-state index in [0.717, 1.165) is 39.3 Å². The minimum Gasteiger partial charge on any atom is -0.662 e. The minimum absolute atomic E-state index is 0. The van der Waals surface area contributed by atoms with Crippen LogP contribution in [0.25, 0.3) is 16.0 Å². The number of hydrogen-bond donors (Lipinski definition) is 0. The molecule has 0 aliphatic heterocycles. The van der Waals surface area contributed by atoms with E-state index in [4.69, 9.17) is 0 Å². The smallest absolute Gasteiger partial charge is 0.662 e. The van der Waals surface area contributed by atoms with Gasteiger partial charge < -0.3 is 16.0 Å². The average Bonchev–Trinajstić information content (AvgIpc) is 3.41. The summed E-state index contributed by atoms with van der Waals surface area (Å²) in [6.45, 7) is 24.4. The van der Waals surface area contributed by atoms with Crippen LogP contribution in [-0.2, 0) is 25.8 Å². The van der Waals surface area contributed by atoms with Gasteiger partial charge in [-0.2, -0.15) is 17.3 Å². The predicted molar refractivity (Wildman–Crippen MR) is 169 cm³/mol. The molecule has 0 radical (unpaired) electrons. The Labute approximate surface area is 249 Å². The van der Waals surface area contributed by atoms with E-state index in [0.29, 0.717) is 0 Å². The van der Waals surface area contributed by atoms with Crippen molar-refractivity contribution in [2.45, 2.75) is 132 Å². The van der Waals surface area contributed by atoms with E-state index >= 15 is 0 Å². The molecule has 0 aliphatic rings. The van der Waals surface area contributed by atoms with Crippen molar-refractivity contribution < 1.29 is 25.8 Å². The van der Waals surface area contributed by atoms with E-state index in [-0.39, 0.29) is 25.8 Å². The summed E-state index contributed by atoms with van der Waals surface area (Å²) in [7, 11) is -0.480. The molecule has 212 valence electrons. The van der Waals surface area contributed by atoms with Crippen LogP contribution in [0.3, 0.4) is 0 Å². The van der Waals surface area contributed by atoms with Crippen molar-refractivity contribution in [2.75, 3.05) is 39.3 Å². The molecule has 0 aromatic heterocycles. The van der Waals surface area contributed by atoms with E-state index in [1.807, 2.05) is 0 Å². The second-order valence-electron chi connectivity index (χ2n) is 9.51. The molecule has 0 unspecified atom stereocenters. The Hall–Kier alpha value is 0.317. The van der Waals surface area contributed by atoms with Gasteiger partial charge in [-0.15, -0.1) is 39.3 Å². The third-order valence-corrected chi connectivity index (χ3v) is 7.09. The van der Waals surface area contributed by atoms with Crippen LogP contribution >= 0.6 is 0 Å². The van der Waals surface area contributed by atoms with E-state index < -0.39 is 8.80 Å². The number of hydrogen-bond acceptors (Lipinski definition) is 0. The maximum Gasteiger partial charge on any atom is 4.00 e. The first-order valence-corrected chi connectivity index (χ1v) is 18.0. The van der Waals surface area contributed by atoms with Crippen LogP contribution < -0.4 is 5.19 Å². The minimum atomic E-state index is -0.480.